The Hall–Kier alpha value is -1.36. The van der Waals surface area contributed by atoms with E-state index in [-0.39, 0.29) is 24.3 Å². The van der Waals surface area contributed by atoms with Gasteiger partial charge in [0.05, 0.1) is 6.54 Å². The minimum absolute atomic E-state index is 0.0580. The maximum atomic E-state index is 12.2. The second kappa shape index (κ2) is 5.33. The van der Waals surface area contributed by atoms with Crippen molar-refractivity contribution in [2.75, 3.05) is 11.4 Å². The summed E-state index contributed by atoms with van der Waals surface area (Å²) in [4.78, 5) is 25.9. The molecule has 1 aromatic carbocycles. The molecular weight excluding hydrogens is 308 g/mol. The largest absolute Gasteiger partial charge is 0.345 e. The first kappa shape index (κ1) is 14.1. The molecule has 2 amide bonds. The summed E-state index contributed by atoms with van der Waals surface area (Å²) >= 11 is 3.47. The molecule has 0 bridgehead atoms. The fraction of sp³-hybridized carbons (Fsp3) is 0.429. The van der Waals surface area contributed by atoms with Crippen molar-refractivity contribution in [2.24, 2.45) is 5.92 Å². The van der Waals surface area contributed by atoms with E-state index in [0.29, 0.717) is 0 Å². The van der Waals surface area contributed by atoms with E-state index in [4.69, 9.17) is 0 Å². The SMILES string of the molecule is Cc1c(Br)cccc1N1C(=O)CNC(=O)C1C(C)C. The number of hydrogen-bond acceptors (Lipinski definition) is 2. The summed E-state index contributed by atoms with van der Waals surface area (Å²) in [6.07, 6.45) is 0. The lowest BCUT2D eigenvalue weighted by Crippen LogP contribution is -2.60. The van der Waals surface area contributed by atoms with Crippen molar-refractivity contribution >= 4 is 33.4 Å². The maximum Gasteiger partial charge on any atom is 0.247 e. The highest BCUT2D eigenvalue weighted by molar-refractivity contribution is 9.10. The molecule has 0 aliphatic carbocycles. The number of piperazine rings is 1. The van der Waals surface area contributed by atoms with Gasteiger partial charge >= 0.3 is 0 Å². The van der Waals surface area contributed by atoms with Crippen molar-refractivity contribution < 1.29 is 9.59 Å². The van der Waals surface area contributed by atoms with Crippen LogP contribution in [0.5, 0.6) is 0 Å². The number of anilines is 1. The fourth-order valence-electron chi connectivity index (χ4n) is 2.37. The number of hydrogen-bond donors (Lipinski definition) is 1. The Labute approximate surface area is 121 Å². The second-order valence-electron chi connectivity index (χ2n) is 5.05. The van der Waals surface area contributed by atoms with Crippen LogP contribution in [-0.4, -0.2) is 24.4 Å². The molecule has 1 N–H and O–H groups in total. The normalized spacial score (nSPS) is 19.8. The molecule has 1 heterocycles. The molecule has 1 aliphatic rings. The van der Waals surface area contributed by atoms with Crippen LogP contribution in [0.3, 0.4) is 0 Å². The van der Waals surface area contributed by atoms with E-state index in [1.807, 2.05) is 39.0 Å². The van der Waals surface area contributed by atoms with Crippen LogP contribution in [0.15, 0.2) is 22.7 Å². The van der Waals surface area contributed by atoms with Gasteiger partial charge in [-0.1, -0.05) is 35.8 Å². The first-order chi connectivity index (χ1) is 8.93. The molecule has 4 nitrogen and oxygen atoms in total. The number of nitrogens with zero attached hydrogens (tertiary/aromatic N) is 1. The monoisotopic (exact) mass is 324 g/mol. The lowest BCUT2D eigenvalue weighted by molar-refractivity contribution is -0.131. The molecule has 1 saturated heterocycles. The van der Waals surface area contributed by atoms with E-state index in [0.717, 1.165) is 15.7 Å². The topological polar surface area (TPSA) is 49.4 Å². The summed E-state index contributed by atoms with van der Waals surface area (Å²) in [5.74, 6) is -0.101. The minimum Gasteiger partial charge on any atom is -0.345 e. The van der Waals surface area contributed by atoms with Crippen LogP contribution < -0.4 is 10.2 Å². The van der Waals surface area contributed by atoms with Gasteiger partial charge in [-0.3, -0.25) is 14.5 Å². The van der Waals surface area contributed by atoms with Crippen molar-refractivity contribution in [1.29, 1.82) is 0 Å². The number of carbonyl (C=O) groups excluding carboxylic acids is 2. The van der Waals surface area contributed by atoms with Gasteiger partial charge in [0.15, 0.2) is 0 Å². The molecule has 1 unspecified atom stereocenters. The van der Waals surface area contributed by atoms with Crippen LogP contribution in [0.4, 0.5) is 5.69 Å². The van der Waals surface area contributed by atoms with Crippen LogP contribution in [0.1, 0.15) is 19.4 Å². The Morgan fingerprint density at radius 2 is 2.05 bits per heavy atom. The second-order valence-corrected chi connectivity index (χ2v) is 5.91. The summed E-state index contributed by atoms with van der Waals surface area (Å²) < 4.78 is 0.936. The van der Waals surface area contributed by atoms with E-state index < -0.39 is 6.04 Å². The molecule has 1 aromatic rings. The van der Waals surface area contributed by atoms with Crippen molar-refractivity contribution in [3.8, 4) is 0 Å². The van der Waals surface area contributed by atoms with Gasteiger partial charge in [-0.15, -0.1) is 0 Å². The van der Waals surface area contributed by atoms with Gasteiger partial charge in [-0.05, 0) is 30.5 Å². The third kappa shape index (κ3) is 2.52. The number of carbonyl (C=O) groups is 2. The van der Waals surface area contributed by atoms with Crippen molar-refractivity contribution in [1.82, 2.24) is 5.32 Å². The Balaban J connectivity index is 2.51. The zero-order valence-electron chi connectivity index (χ0n) is 11.2. The first-order valence-corrected chi connectivity index (χ1v) is 7.07. The van der Waals surface area contributed by atoms with Crippen LogP contribution in [0, 0.1) is 12.8 Å². The Bertz CT molecular complexity index is 528. The predicted molar refractivity (Wildman–Crippen MR) is 78.0 cm³/mol. The van der Waals surface area contributed by atoms with Crippen molar-refractivity contribution in [2.45, 2.75) is 26.8 Å². The number of halogens is 1. The lowest BCUT2D eigenvalue weighted by Gasteiger charge is -2.38. The zero-order valence-corrected chi connectivity index (χ0v) is 12.8. The van der Waals surface area contributed by atoms with Gasteiger partial charge < -0.3 is 5.32 Å². The molecule has 5 heteroatoms. The number of nitrogens with one attached hydrogen (secondary N) is 1. The Morgan fingerprint density at radius 3 is 2.68 bits per heavy atom. The molecule has 2 rings (SSSR count). The van der Waals surface area contributed by atoms with E-state index in [1.54, 1.807) is 4.90 Å². The van der Waals surface area contributed by atoms with Crippen molar-refractivity contribution in [3.63, 3.8) is 0 Å². The van der Waals surface area contributed by atoms with Crippen LogP contribution in [0.2, 0.25) is 0 Å². The summed E-state index contributed by atoms with van der Waals surface area (Å²) in [6, 6.07) is 5.24. The van der Waals surface area contributed by atoms with Gasteiger partial charge in [-0.2, -0.15) is 0 Å². The third-order valence-electron chi connectivity index (χ3n) is 3.36. The summed E-state index contributed by atoms with van der Waals surface area (Å²) in [6.45, 7) is 5.90. The lowest BCUT2D eigenvalue weighted by atomic mass is 9.97. The zero-order chi connectivity index (χ0) is 14.2. The number of rotatable bonds is 2. The first-order valence-electron chi connectivity index (χ1n) is 6.28. The number of benzene rings is 1. The average molecular weight is 325 g/mol. The summed E-state index contributed by atoms with van der Waals surface area (Å²) in [5.41, 5.74) is 1.77. The standard InChI is InChI=1S/C14H17BrN2O2/c1-8(2)13-14(19)16-7-12(18)17(13)11-6-4-5-10(15)9(11)3/h4-6,8,13H,7H2,1-3H3,(H,16,19). The summed E-state index contributed by atoms with van der Waals surface area (Å²) in [5, 5.41) is 2.66. The Morgan fingerprint density at radius 1 is 1.37 bits per heavy atom. The van der Waals surface area contributed by atoms with Gasteiger partial charge in [-0.25, -0.2) is 0 Å². The predicted octanol–water partition coefficient (Wildman–Crippen LogP) is 2.24. The van der Waals surface area contributed by atoms with E-state index >= 15 is 0 Å². The molecule has 0 saturated carbocycles. The van der Waals surface area contributed by atoms with Crippen LogP contribution >= 0.6 is 15.9 Å². The molecular formula is C14H17BrN2O2. The highest BCUT2D eigenvalue weighted by Gasteiger charge is 2.38. The van der Waals surface area contributed by atoms with Gasteiger partial charge in [0.1, 0.15) is 6.04 Å². The van der Waals surface area contributed by atoms with E-state index in [2.05, 4.69) is 21.2 Å². The Kier molecular flexibility index (Phi) is 3.94. The van der Waals surface area contributed by atoms with Crippen LogP contribution in [-0.2, 0) is 9.59 Å². The third-order valence-corrected chi connectivity index (χ3v) is 4.22. The van der Waals surface area contributed by atoms with Crippen molar-refractivity contribution in [3.05, 3.63) is 28.2 Å². The number of amides is 2. The molecule has 102 valence electrons. The van der Waals surface area contributed by atoms with E-state index in [9.17, 15) is 9.59 Å². The fourth-order valence-corrected chi connectivity index (χ4v) is 2.72. The van der Waals surface area contributed by atoms with Crippen LogP contribution in [0.25, 0.3) is 0 Å². The maximum absolute atomic E-state index is 12.2. The molecule has 1 aliphatic heterocycles. The summed E-state index contributed by atoms with van der Waals surface area (Å²) in [7, 11) is 0. The molecule has 0 aromatic heterocycles. The molecule has 0 spiro atoms. The highest BCUT2D eigenvalue weighted by atomic mass is 79.9. The highest BCUT2D eigenvalue weighted by Crippen LogP contribution is 2.31. The molecule has 1 atom stereocenters. The van der Waals surface area contributed by atoms with Gasteiger partial charge in [0.2, 0.25) is 11.8 Å². The molecule has 1 fully saturated rings. The molecule has 0 radical (unpaired) electrons. The quantitative estimate of drug-likeness (QED) is 0.907. The minimum atomic E-state index is -0.450. The smallest absolute Gasteiger partial charge is 0.247 e. The van der Waals surface area contributed by atoms with Gasteiger partial charge in [0, 0.05) is 10.2 Å². The van der Waals surface area contributed by atoms with E-state index in [1.165, 1.54) is 0 Å². The average Bonchev–Trinajstić information content (AvgIpc) is 2.35. The van der Waals surface area contributed by atoms with Gasteiger partial charge in [0.25, 0.3) is 0 Å². The molecule has 19 heavy (non-hydrogen) atoms.